The zero-order valence-electron chi connectivity index (χ0n) is 11.8. The van der Waals surface area contributed by atoms with Crippen LogP contribution < -0.4 is 5.32 Å². The van der Waals surface area contributed by atoms with Gasteiger partial charge in [0.25, 0.3) is 0 Å². The van der Waals surface area contributed by atoms with Gasteiger partial charge in [-0.2, -0.15) is 0 Å². The monoisotopic (exact) mass is 276 g/mol. The van der Waals surface area contributed by atoms with Crippen molar-refractivity contribution in [2.75, 3.05) is 11.9 Å². The molecule has 0 saturated carbocycles. The molecule has 2 unspecified atom stereocenters. The average molecular weight is 276 g/mol. The topological polar surface area (TPSA) is 69.6 Å². The minimum atomic E-state index is -0.971. The maximum Gasteiger partial charge on any atom is 0.335 e. The Morgan fingerprint density at radius 3 is 2.45 bits per heavy atom. The summed E-state index contributed by atoms with van der Waals surface area (Å²) >= 11 is 0. The molecule has 2 rings (SSSR count). The third kappa shape index (κ3) is 3.29. The second-order valence-electron chi connectivity index (χ2n) is 5.50. The highest BCUT2D eigenvalue weighted by molar-refractivity contribution is 5.91. The Morgan fingerprint density at radius 1 is 1.20 bits per heavy atom. The van der Waals surface area contributed by atoms with Crippen molar-refractivity contribution >= 4 is 17.7 Å². The Morgan fingerprint density at radius 2 is 1.85 bits per heavy atom. The van der Waals surface area contributed by atoms with Crippen LogP contribution in [-0.4, -0.2) is 34.6 Å². The van der Waals surface area contributed by atoms with Gasteiger partial charge in [0.05, 0.1) is 5.56 Å². The Hall–Kier alpha value is -2.04. The largest absolute Gasteiger partial charge is 0.478 e. The number of hydrogen-bond acceptors (Lipinski definition) is 2. The van der Waals surface area contributed by atoms with E-state index < -0.39 is 5.97 Å². The predicted octanol–water partition coefficient (Wildman–Crippen LogP) is 3.04. The second-order valence-corrected chi connectivity index (χ2v) is 5.50. The number of rotatable bonds is 2. The summed E-state index contributed by atoms with van der Waals surface area (Å²) < 4.78 is 0. The zero-order chi connectivity index (χ0) is 14.7. The normalized spacial score (nSPS) is 22.4. The summed E-state index contributed by atoms with van der Waals surface area (Å²) in [5.74, 6) is -0.451. The lowest BCUT2D eigenvalue weighted by Gasteiger charge is -2.36. The van der Waals surface area contributed by atoms with E-state index in [9.17, 15) is 9.59 Å². The number of nitrogens with zero attached hydrogens (tertiary/aromatic N) is 1. The van der Waals surface area contributed by atoms with Crippen molar-refractivity contribution in [3.8, 4) is 0 Å². The molecule has 1 heterocycles. The Bertz CT molecular complexity index is 498. The van der Waals surface area contributed by atoms with E-state index in [1.54, 1.807) is 12.1 Å². The van der Waals surface area contributed by atoms with E-state index in [0.717, 1.165) is 19.4 Å². The Labute approximate surface area is 118 Å². The molecule has 0 spiro atoms. The van der Waals surface area contributed by atoms with Gasteiger partial charge in [0, 0.05) is 18.3 Å². The smallest absolute Gasteiger partial charge is 0.335 e. The Balaban J connectivity index is 2.01. The van der Waals surface area contributed by atoms with E-state index in [1.807, 2.05) is 4.90 Å². The maximum absolute atomic E-state index is 12.2. The first kappa shape index (κ1) is 14.4. The lowest BCUT2D eigenvalue weighted by Crippen LogP contribution is -2.46. The highest BCUT2D eigenvalue weighted by Gasteiger charge is 2.26. The third-order valence-electron chi connectivity index (χ3n) is 3.76. The number of urea groups is 1. The molecule has 0 radical (unpaired) electrons. The lowest BCUT2D eigenvalue weighted by atomic mass is 9.95. The minimum absolute atomic E-state index is 0.118. The highest BCUT2D eigenvalue weighted by atomic mass is 16.4. The number of aromatic carboxylic acids is 1. The summed E-state index contributed by atoms with van der Waals surface area (Å²) in [4.78, 5) is 24.9. The number of carbonyl (C=O) groups excluding carboxylic acids is 1. The van der Waals surface area contributed by atoms with E-state index >= 15 is 0 Å². The lowest BCUT2D eigenvalue weighted by molar-refractivity contribution is 0.0697. The van der Waals surface area contributed by atoms with Gasteiger partial charge in [-0.3, -0.25) is 0 Å². The quantitative estimate of drug-likeness (QED) is 0.872. The molecule has 2 amide bonds. The van der Waals surface area contributed by atoms with Crippen LogP contribution in [0.25, 0.3) is 0 Å². The summed E-state index contributed by atoms with van der Waals surface area (Å²) in [6, 6.07) is 6.32. The summed E-state index contributed by atoms with van der Waals surface area (Å²) in [5.41, 5.74) is 0.827. The predicted molar refractivity (Wildman–Crippen MR) is 77.0 cm³/mol. The molecule has 0 bridgehead atoms. The standard InChI is InChI=1S/C15H20N2O3/c1-10-3-4-11(2)17(9-10)15(20)16-13-7-5-12(6-8-13)14(18)19/h5-8,10-11H,3-4,9H2,1-2H3,(H,16,20)(H,18,19). The van der Waals surface area contributed by atoms with Gasteiger partial charge in [-0.25, -0.2) is 9.59 Å². The number of anilines is 1. The maximum atomic E-state index is 12.2. The number of carbonyl (C=O) groups is 2. The molecule has 20 heavy (non-hydrogen) atoms. The minimum Gasteiger partial charge on any atom is -0.478 e. The van der Waals surface area contributed by atoms with Gasteiger partial charge in [0.1, 0.15) is 0 Å². The molecule has 5 nitrogen and oxygen atoms in total. The van der Waals surface area contributed by atoms with E-state index in [0.29, 0.717) is 11.6 Å². The molecule has 1 fully saturated rings. The molecule has 1 aromatic rings. The fourth-order valence-electron chi connectivity index (χ4n) is 2.46. The highest BCUT2D eigenvalue weighted by Crippen LogP contribution is 2.22. The summed E-state index contributed by atoms with van der Waals surface area (Å²) in [6.45, 7) is 4.97. The molecule has 0 aromatic heterocycles. The van der Waals surface area contributed by atoms with Gasteiger partial charge >= 0.3 is 12.0 Å². The molecule has 1 aliphatic rings. The summed E-state index contributed by atoms with van der Waals surface area (Å²) in [6.07, 6.45) is 2.17. The van der Waals surface area contributed by atoms with Crippen molar-refractivity contribution in [1.82, 2.24) is 4.90 Å². The van der Waals surface area contributed by atoms with Crippen molar-refractivity contribution in [3.05, 3.63) is 29.8 Å². The van der Waals surface area contributed by atoms with Crippen LogP contribution in [0.5, 0.6) is 0 Å². The van der Waals surface area contributed by atoms with Crippen LogP contribution in [-0.2, 0) is 0 Å². The average Bonchev–Trinajstić information content (AvgIpc) is 2.42. The van der Waals surface area contributed by atoms with Crippen molar-refractivity contribution in [1.29, 1.82) is 0 Å². The number of likely N-dealkylation sites (tertiary alicyclic amines) is 1. The molecular formula is C15H20N2O3. The molecule has 2 N–H and O–H groups in total. The van der Waals surface area contributed by atoms with Crippen LogP contribution in [0.15, 0.2) is 24.3 Å². The fraction of sp³-hybridized carbons (Fsp3) is 0.467. The van der Waals surface area contributed by atoms with Gasteiger partial charge in [-0.05, 0) is 49.9 Å². The van der Waals surface area contributed by atoms with Gasteiger partial charge in [-0.1, -0.05) is 6.92 Å². The van der Waals surface area contributed by atoms with E-state index in [-0.39, 0.29) is 17.6 Å². The summed E-state index contributed by atoms with van der Waals surface area (Å²) in [5, 5.41) is 11.7. The van der Waals surface area contributed by atoms with E-state index in [1.165, 1.54) is 12.1 Å². The number of carboxylic acids is 1. The molecule has 2 atom stereocenters. The first-order valence-corrected chi connectivity index (χ1v) is 6.88. The van der Waals surface area contributed by atoms with Crippen molar-refractivity contribution in [3.63, 3.8) is 0 Å². The van der Waals surface area contributed by atoms with Crippen LogP contribution >= 0.6 is 0 Å². The number of carboxylic acid groups (broad SMARTS) is 1. The number of amides is 2. The fourth-order valence-corrected chi connectivity index (χ4v) is 2.46. The van der Waals surface area contributed by atoms with Gasteiger partial charge in [0.15, 0.2) is 0 Å². The van der Waals surface area contributed by atoms with E-state index in [2.05, 4.69) is 19.2 Å². The molecule has 1 saturated heterocycles. The Kier molecular flexibility index (Phi) is 4.27. The van der Waals surface area contributed by atoms with Gasteiger partial charge in [0.2, 0.25) is 0 Å². The summed E-state index contributed by atoms with van der Waals surface area (Å²) in [7, 11) is 0. The second kappa shape index (κ2) is 5.94. The molecular weight excluding hydrogens is 256 g/mol. The SMILES string of the molecule is CC1CCC(C)N(C(=O)Nc2ccc(C(=O)O)cc2)C1. The van der Waals surface area contributed by atoms with Crippen molar-refractivity contribution in [2.24, 2.45) is 5.92 Å². The zero-order valence-corrected chi connectivity index (χ0v) is 11.8. The number of nitrogens with one attached hydrogen (secondary N) is 1. The van der Waals surface area contributed by atoms with Gasteiger partial charge < -0.3 is 15.3 Å². The van der Waals surface area contributed by atoms with Crippen LogP contribution in [0, 0.1) is 5.92 Å². The molecule has 108 valence electrons. The molecule has 1 aromatic carbocycles. The first-order chi connectivity index (χ1) is 9.47. The number of benzene rings is 1. The van der Waals surface area contributed by atoms with Crippen LogP contribution in [0.4, 0.5) is 10.5 Å². The van der Waals surface area contributed by atoms with E-state index in [4.69, 9.17) is 5.11 Å². The number of piperidine rings is 1. The molecule has 5 heteroatoms. The van der Waals surface area contributed by atoms with Crippen LogP contribution in [0.2, 0.25) is 0 Å². The third-order valence-corrected chi connectivity index (χ3v) is 3.76. The number of hydrogen-bond donors (Lipinski definition) is 2. The van der Waals surface area contributed by atoms with Crippen LogP contribution in [0.1, 0.15) is 37.0 Å². The molecule has 1 aliphatic heterocycles. The van der Waals surface area contributed by atoms with Crippen molar-refractivity contribution in [2.45, 2.75) is 32.7 Å². The van der Waals surface area contributed by atoms with Crippen molar-refractivity contribution < 1.29 is 14.7 Å². The van der Waals surface area contributed by atoms with Crippen LogP contribution in [0.3, 0.4) is 0 Å². The first-order valence-electron chi connectivity index (χ1n) is 6.88. The molecule has 0 aliphatic carbocycles. The van der Waals surface area contributed by atoms with Gasteiger partial charge in [-0.15, -0.1) is 0 Å².